The lowest BCUT2D eigenvalue weighted by molar-refractivity contribution is 0.173. The van der Waals surface area contributed by atoms with Crippen molar-refractivity contribution in [2.45, 2.75) is 25.9 Å². The van der Waals surface area contributed by atoms with E-state index in [1.165, 1.54) is 0 Å². The third-order valence-corrected chi connectivity index (χ3v) is 4.70. The van der Waals surface area contributed by atoms with Crippen LogP contribution in [0.3, 0.4) is 0 Å². The van der Waals surface area contributed by atoms with Crippen molar-refractivity contribution >= 4 is 12.0 Å². The molecule has 5 rings (SSSR count). The summed E-state index contributed by atoms with van der Waals surface area (Å²) < 4.78 is 22.1. The Bertz CT molecular complexity index is 878. The summed E-state index contributed by atoms with van der Waals surface area (Å²) in [5.74, 6) is 3.09. The zero-order valence-corrected chi connectivity index (χ0v) is 14.1. The van der Waals surface area contributed by atoms with Crippen LogP contribution < -0.4 is 23.8 Å². The summed E-state index contributed by atoms with van der Waals surface area (Å²) in [5.41, 5.74) is 3.25. The largest absolute Gasteiger partial charge is 0.454 e. The van der Waals surface area contributed by atoms with Crippen LogP contribution in [0.5, 0.6) is 23.0 Å². The first-order valence-corrected chi connectivity index (χ1v) is 8.35. The van der Waals surface area contributed by atoms with Gasteiger partial charge in [-0.05, 0) is 37.6 Å². The van der Waals surface area contributed by atoms with Crippen LogP contribution in [-0.4, -0.2) is 26.0 Å². The second-order valence-corrected chi connectivity index (χ2v) is 6.55. The molecule has 0 radical (unpaired) electrons. The molecule has 1 unspecified atom stereocenters. The normalized spacial score (nSPS) is 19.5. The first kappa shape index (κ1) is 14.5. The van der Waals surface area contributed by atoms with Gasteiger partial charge in [-0.15, -0.1) is 0 Å². The molecule has 0 aliphatic carbocycles. The Kier molecular flexibility index (Phi) is 3.07. The molecule has 6 nitrogen and oxygen atoms in total. The standard InChI is InChI=1S/C19H18N2O4/c1-11(2)21-8-20-19(12-3-4-15-16(5-12)23-9-22-15)13-6-17-18(7-14(13)21)25-10-24-17/h3-8,11,19H,9-10H2,1-2H3. The smallest absolute Gasteiger partial charge is 0.231 e. The van der Waals surface area contributed by atoms with Crippen LogP contribution in [0.25, 0.3) is 0 Å². The van der Waals surface area contributed by atoms with Crippen molar-refractivity contribution in [3.05, 3.63) is 41.5 Å². The lowest BCUT2D eigenvalue weighted by Crippen LogP contribution is -2.33. The van der Waals surface area contributed by atoms with Gasteiger partial charge in [-0.25, -0.2) is 0 Å². The van der Waals surface area contributed by atoms with E-state index in [9.17, 15) is 0 Å². The summed E-state index contributed by atoms with van der Waals surface area (Å²) in [6.45, 7) is 4.81. The molecule has 0 saturated carbocycles. The molecule has 25 heavy (non-hydrogen) atoms. The van der Waals surface area contributed by atoms with Crippen molar-refractivity contribution in [1.29, 1.82) is 0 Å². The predicted octanol–water partition coefficient (Wildman–Crippen LogP) is 3.49. The van der Waals surface area contributed by atoms with Crippen molar-refractivity contribution < 1.29 is 18.9 Å². The van der Waals surface area contributed by atoms with Crippen LogP contribution in [0, 0.1) is 0 Å². The predicted molar refractivity (Wildman–Crippen MR) is 93.1 cm³/mol. The molecule has 0 N–H and O–H groups in total. The van der Waals surface area contributed by atoms with Crippen molar-refractivity contribution in [2.24, 2.45) is 4.99 Å². The Morgan fingerprint density at radius 3 is 2.36 bits per heavy atom. The average Bonchev–Trinajstić information content (AvgIpc) is 3.26. The maximum absolute atomic E-state index is 5.58. The molecule has 3 aliphatic heterocycles. The Morgan fingerprint density at radius 1 is 0.920 bits per heavy atom. The molecule has 0 fully saturated rings. The van der Waals surface area contributed by atoms with Gasteiger partial charge in [0.15, 0.2) is 23.0 Å². The Morgan fingerprint density at radius 2 is 1.60 bits per heavy atom. The van der Waals surface area contributed by atoms with Gasteiger partial charge in [0, 0.05) is 17.7 Å². The van der Waals surface area contributed by atoms with Gasteiger partial charge in [-0.2, -0.15) is 0 Å². The number of benzene rings is 2. The summed E-state index contributed by atoms with van der Waals surface area (Å²) in [5, 5.41) is 0. The molecule has 128 valence electrons. The van der Waals surface area contributed by atoms with E-state index >= 15 is 0 Å². The molecule has 0 bridgehead atoms. The van der Waals surface area contributed by atoms with E-state index in [1.54, 1.807) is 0 Å². The number of ether oxygens (including phenoxy) is 4. The van der Waals surface area contributed by atoms with E-state index in [4.69, 9.17) is 23.9 Å². The number of aliphatic imine (C=N–C) groups is 1. The lowest BCUT2D eigenvalue weighted by atomic mass is 9.94. The fourth-order valence-electron chi connectivity index (χ4n) is 3.43. The Labute approximate surface area is 145 Å². The third kappa shape index (κ3) is 2.21. The van der Waals surface area contributed by atoms with Crippen molar-refractivity contribution in [2.75, 3.05) is 18.5 Å². The summed E-state index contributed by atoms with van der Waals surface area (Å²) >= 11 is 0. The third-order valence-electron chi connectivity index (χ3n) is 4.70. The molecule has 2 aromatic rings. The van der Waals surface area contributed by atoms with Crippen molar-refractivity contribution in [3.63, 3.8) is 0 Å². The van der Waals surface area contributed by atoms with E-state index in [0.29, 0.717) is 6.04 Å². The van der Waals surface area contributed by atoms with Crippen LogP contribution in [-0.2, 0) is 0 Å². The highest BCUT2D eigenvalue weighted by Gasteiger charge is 2.30. The van der Waals surface area contributed by atoms with Crippen LogP contribution in [0.4, 0.5) is 5.69 Å². The molecule has 0 spiro atoms. The summed E-state index contributed by atoms with van der Waals surface area (Å²) in [6.07, 6.45) is 1.91. The number of fused-ring (bicyclic) bond motifs is 3. The van der Waals surface area contributed by atoms with Crippen molar-refractivity contribution in [3.8, 4) is 23.0 Å². The van der Waals surface area contributed by atoms with E-state index < -0.39 is 0 Å². The minimum atomic E-state index is -0.117. The fraction of sp³-hybridized carbons (Fsp3) is 0.316. The van der Waals surface area contributed by atoms with E-state index in [1.807, 2.05) is 36.7 Å². The first-order valence-electron chi connectivity index (χ1n) is 8.35. The minimum absolute atomic E-state index is 0.117. The highest BCUT2D eigenvalue weighted by Crippen LogP contribution is 2.46. The number of hydrogen-bond donors (Lipinski definition) is 0. The van der Waals surface area contributed by atoms with E-state index in [2.05, 4.69) is 18.7 Å². The van der Waals surface area contributed by atoms with Gasteiger partial charge in [-0.3, -0.25) is 4.99 Å². The lowest BCUT2D eigenvalue weighted by Gasteiger charge is -2.33. The van der Waals surface area contributed by atoms with E-state index in [0.717, 1.165) is 39.8 Å². The maximum atomic E-state index is 5.58. The van der Waals surface area contributed by atoms with Gasteiger partial charge in [-0.1, -0.05) is 6.07 Å². The fourth-order valence-corrected chi connectivity index (χ4v) is 3.43. The molecular formula is C19H18N2O4. The highest BCUT2D eigenvalue weighted by molar-refractivity contribution is 5.86. The maximum Gasteiger partial charge on any atom is 0.231 e. The number of nitrogens with zero attached hydrogens (tertiary/aromatic N) is 2. The second-order valence-electron chi connectivity index (χ2n) is 6.55. The molecule has 0 saturated heterocycles. The van der Waals surface area contributed by atoms with Gasteiger partial charge in [0.25, 0.3) is 0 Å². The van der Waals surface area contributed by atoms with Crippen LogP contribution >= 0.6 is 0 Å². The van der Waals surface area contributed by atoms with Crippen LogP contribution in [0.1, 0.15) is 31.0 Å². The number of rotatable bonds is 2. The molecular weight excluding hydrogens is 320 g/mol. The summed E-state index contributed by atoms with van der Waals surface area (Å²) in [4.78, 5) is 6.96. The van der Waals surface area contributed by atoms with Gasteiger partial charge in [0.2, 0.25) is 13.6 Å². The van der Waals surface area contributed by atoms with Gasteiger partial charge in [0.05, 0.1) is 12.0 Å². The summed E-state index contributed by atoms with van der Waals surface area (Å²) in [6, 6.07) is 10.2. The zero-order valence-electron chi connectivity index (χ0n) is 14.1. The zero-order chi connectivity index (χ0) is 17.0. The molecule has 3 heterocycles. The molecule has 3 aliphatic rings. The van der Waals surface area contributed by atoms with Gasteiger partial charge >= 0.3 is 0 Å². The monoisotopic (exact) mass is 338 g/mol. The topological polar surface area (TPSA) is 52.5 Å². The first-order chi connectivity index (χ1) is 12.2. The molecule has 2 aromatic carbocycles. The minimum Gasteiger partial charge on any atom is -0.454 e. The van der Waals surface area contributed by atoms with Crippen LogP contribution in [0.15, 0.2) is 35.3 Å². The molecule has 0 amide bonds. The average molecular weight is 338 g/mol. The number of hydrogen-bond acceptors (Lipinski definition) is 6. The molecule has 6 heteroatoms. The SMILES string of the molecule is CC(C)N1C=NC(c2ccc3c(c2)OCO3)c2cc3c(cc21)OCO3. The van der Waals surface area contributed by atoms with Gasteiger partial charge in [0.1, 0.15) is 6.04 Å². The highest BCUT2D eigenvalue weighted by atomic mass is 16.7. The molecule has 0 aromatic heterocycles. The van der Waals surface area contributed by atoms with Crippen LogP contribution in [0.2, 0.25) is 0 Å². The molecule has 1 atom stereocenters. The Hall–Kier alpha value is -2.89. The Balaban J connectivity index is 1.64. The summed E-state index contributed by atoms with van der Waals surface area (Å²) in [7, 11) is 0. The number of anilines is 1. The van der Waals surface area contributed by atoms with Gasteiger partial charge < -0.3 is 23.8 Å². The van der Waals surface area contributed by atoms with Crippen molar-refractivity contribution in [1.82, 2.24) is 0 Å². The van der Waals surface area contributed by atoms with E-state index in [-0.39, 0.29) is 19.6 Å². The second kappa shape index (κ2) is 5.31. The quantitative estimate of drug-likeness (QED) is 0.839.